The number of benzene rings is 1. The van der Waals surface area contributed by atoms with Gasteiger partial charge in [0.25, 0.3) is 0 Å². The molecule has 0 aromatic heterocycles. The molecule has 0 aliphatic heterocycles. The van der Waals surface area contributed by atoms with Gasteiger partial charge in [0.1, 0.15) is 8.24 Å². The average Bonchev–Trinajstić information content (AvgIpc) is 2.49. The van der Waals surface area contributed by atoms with Crippen LogP contribution < -0.4 is 4.98 Å². The van der Waals surface area contributed by atoms with Crippen molar-refractivity contribution in [2.75, 3.05) is 0 Å². The van der Waals surface area contributed by atoms with Crippen LogP contribution in [0.1, 0.15) is 51.7 Å². The molecule has 1 N–H and O–H groups in total. The third-order valence-electron chi connectivity index (χ3n) is 4.03. The minimum atomic E-state index is -1.60. The Labute approximate surface area is 140 Å². The molecular formula is C17H27NSiTi. The van der Waals surface area contributed by atoms with Gasteiger partial charge in [-0.2, -0.15) is 0 Å². The van der Waals surface area contributed by atoms with E-state index in [0.29, 0.717) is 5.92 Å². The van der Waals surface area contributed by atoms with E-state index < -0.39 is 8.24 Å². The van der Waals surface area contributed by atoms with Crippen molar-refractivity contribution in [3.8, 4) is 0 Å². The van der Waals surface area contributed by atoms with Crippen molar-refractivity contribution in [3.63, 3.8) is 0 Å². The fourth-order valence-electron chi connectivity index (χ4n) is 3.86. The van der Waals surface area contributed by atoms with Gasteiger partial charge in [-0.1, -0.05) is 49.5 Å². The second-order valence-electron chi connectivity index (χ2n) is 7.35. The molecule has 0 saturated carbocycles. The van der Waals surface area contributed by atoms with Crippen molar-refractivity contribution in [2.45, 2.75) is 59.2 Å². The van der Waals surface area contributed by atoms with Crippen LogP contribution in [0.3, 0.4) is 0 Å². The van der Waals surface area contributed by atoms with Crippen molar-refractivity contribution >= 4 is 13.8 Å². The number of allylic oxidation sites excluding steroid dienone is 2. The molecule has 20 heavy (non-hydrogen) atoms. The minimum absolute atomic E-state index is 0. The summed E-state index contributed by atoms with van der Waals surface area (Å²) in [5.41, 5.74) is 4.65. The normalized spacial score (nSPS) is 18.9. The number of hydrogen-bond donors (Lipinski definition) is 1. The number of rotatable bonds is 2. The van der Waals surface area contributed by atoms with E-state index >= 15 is 0 Å². The van der Waals surface area contributed by atoms with Gasteiger partial charge in [0.05, 0.1) is 0 Å². The van der Waals surface area contributed by atoms with E-state index in [0.717, 1.165) is 0 Å². The first-order chi connectivity index (χ1) is 8.63. The average molecular weight is 321 g/mol. The van der Waals surface area contributed by atoms with E-state index in [2.05, 4.69) is 77.0 Å². The minimum Gasteiger partial charge on any atom is -0.329 e. The summed E-state index contributed by atoms with van der Waals surface area (Å²) in [6, 6.07) is 8.88. The Balaban J connectivity index is 0.00000200. The van der Waals surface area contributed by atoms with E-state index in [1.54, 1.807) is 5.20 Å². The first kappa shape index (κ1) is 17.9. The molecule has 1 aliphatic carbocycles. The fraction of sp³-hybridized carbons (Fsp3) is 0.529. The predicted molar refractivity (Wildman–Crippen MR) is 87.8 cm³/mol. The van der Waals surface area contributed by atoms with E-state index in [4.69, 9.17) is 0 Å². The molecule has 1 atom stereocenters. The molecule has 108 valence electrons. The van der Waals surface area contributed by atoms with Gasteiger partial charge in [0, 0.05) is 33.2 Å². The Morgan fingerprint density at radius 3 is 2.15 bits per heavy atom. The van der Waals surface area contributed by atoms with Crippen molar-refractivity contribution in [2.24, 2.45) is 0 Å². The summed E-state index contributed by atoms with van der Waals surface area (Å²) in [5.74, 6) is 0.563. The Morgan fingerprint density at radius 1 is 1.10 bits per heavy atom. The molecule has 0 bridgehead atoms. The number of nitrogens with one attached hydrogen (secondary N) is 1. The van der Waals surface area contributed by atoms with Crippen molar-refractivity contribution < 1.29 is 21.7 Å². The van der Waals surface area contributed by atoms with E-state index in [9.17, 15) is 0 Å². The number of hydrogen-bond acceptors (Lipinski definition) is 1. The zero-order chi connectivity index (χ0) is 14.4. The summed E-state index contributed by atoms with van der Waals surface area (Å²) in [5, 5.41) is 1.67. The molecule has 0 radical (unpaired) electrons. The van der Waals surface area contributed by atoms with Gasteiger partial charge in [-0.25, -0.2) is 0 Å². The molecular weight excluding hydrogens is 294 g/mol. The monoisotopic (exact) mass is 321 g/mol. The van der Waals surface area contributed by atoms with Crippen LogP contribution in [-0.2, 0) is 21.7 Å². The molecule has 0 amide bonds. The van der Waals surface area contributed by atoms with Gasteiger partial charge >= 0.3 is 0 Å². The molecule has 0 spiro atoms. The smallest absolute Gasteiger partial charge is 0.148 e. The van der Waals surface area contributed by atoms with Gasteiger partial charge < -0.3 is 4.98 Å². The van der Waals surface area contributed by atoms with Crippen molar-refractivity contribution in [1.29, 1.82) is 0 Å². The molecule has 1 nitrogen and oxygen atoms in total. The Kier molecular flexibility index (Phi) is 5.30. The Morgan fingerprint density at radius 2 is 1.65 bits per heavy atom. The van der Waals surface area contributed by atoms with Crippen LogP contribution in [-0.4, -0.2) is 13.8 Å². The summed E-state index contributed by atoms with van der Waals surface area (Å²) >= 11 is 0. The molecule has 2 rings (SSSR count). The van der Waals surface area contributed by atoms with Crippen LogP contribution in [0.25, 0.3) is 5.57 Å². The SMILES string of the molecule is CC1=C([Si](C)(C)NC(C)(C)C)C(C)c2ccccc21.[Ti]. The maximum atomic E-state index is 3.91. The second-order valence-corrected chi connectivity index (χ2v) is 11.4. The first-order valence-electron chi connectivity index (χ1n) is 7.23. The third-order valence-corrected chi connectivity index (χ3v) is 7.56. The van der Waals surface area contributed by atoms with Gasteiger partial charge in [0.2, 0.25) is 0 Å². The third kappa shape index (κ3) is 3.36. The maximum absolute atomic E-state index is 3.91. The summed E-state index contributed by atoms with van der Waals surface area (Å²) in [4.78, 5) is 3.91. The number of fused-ring (bicyclic) bond motifs is 1. The zero-order valence-corrected chi connectivity index (χ0v) is 16.4. The molecule has 0 heterocycles. The van der Waals surface area contributed by atoms with Crippen LogP contribution in [0.4, 0.5) is 0 Å². The standard InChI is InChI=1S/C17H27NSi.Ti/c1-12-14-10-8-9-11-15(14)13(2)16(12)19(6,7)18-17(3,4)5;/h8-12,18H,1-7H3;. The van der Waals surface area contributed by atoms with Crippen LogP contribution in [0.5, 0.6) is 0 Å². The first-order valence-corrected chi connectivity index (χ1v) is 10.2. The summed E-state index contributed by atoms with van der Waals surface area (Å²) in [6.07, 6.45) is 0. The van der Waals surface area contributed by atoms with E-state index in [-0.39, 0.29) is 27.3 Å². The molecule has 0 fully saturated rings. The molecule has 0 saturated heterocycles. The van der Waals surface area contributed by atoms with Crippen LogP contribution in [0.2, 0.25) is 13.1 Å². The predicted octanol–water partition coefficient (Wildman–Crippen LogP) is 4.71. The van der Waals surface area contributed by atoms with Crippen molar-refractivity contribution in [1.82, 2.24) is 4.98 Å². The Hall–Kier alpha value is -0.149. The zero-order valence-electron chi connectivity index (χ0n) is 13.9. The maximum Gasteiger partial charge on any atom is 0.148 e. The van der Waals surface area contributed by atoms with Gasteiger partial charge in [-0.05, 0) is 44.4 Å². The summed E-state index contributed by atoms with van der Waals surface area (Å²) in [6.45, 7) is 16.4. The summed E-state index contributed by atoms with van der Waals surface area (Å²) < 4.78 is 0. The molecule has 3 heteroatoms. The summed E-state index contributed by atoms with van der Waals surface area (Å²) in [7, 11) is -1.60. The Bertz CT molecular complexity index is 526. The van der Waals surface area contributed by atoms with E-state index in [1.165, 1.54) is 16.7 Å². The molecule has 1 aliphatic rings. The van der Waals surface area contributed by atoms with Gasteiger partial charge in [0.15, 0.2) is 0 Å². The van der Waals surface area contributed by atoms with Gasteiger partial charge in [-0.3, -0.25) is 0 Å². The molecule has 1 unspecified atom stereocenters. The largest absolute Gasteiger partial charge is 0.329 e. The van der Waals surface area contributed by atoms with Crippen LogP contribution in [0.15, 0.2) is 29.5 Å². The topological polar surface area (TPSA) is 12.0 Å². The quantitative estimate of drug-likeness (QED) is 0.778. The fourth-order valence-corrected chi connectivity index (χ4v) is 8.18. The van der Waals surface area contributed by atoms with Crippen LogP contribution >= 0.6 is 0 Å². The van der Waals surface area contributed by atoms with Crippen LogP contribution in [0, 0.1) is 0 Å². The van der Waals surface area contributed by atoms with E-state index in [1.807, 2.05) is 0 Å². The van der Waals surface area contributed by atoms with Gasteiger partial charge in [-0.15, -0.1) is 0 Å². The molecule has 1 aromatic rings. The molecule has 1 aromatic carbocycles. The second kappa shape index (κ2) is 5.92. The van der Waals surface area contributed by atoms with Crippen molar-refractivity contribution in [3.05, 3.63) is 40.6 Å².